The predicted octanol–water partition coefficient (Wildman–Crippen LogP) is 3.44. The van der Waals surface area contributed by atoms with Gasteiger partial charge >= 0.3 is 6.18 Å². The van der Waals surface area contributed by atoms with Gasteiger partial charge in [-0.1, -0.05) is 6.07 Å². The first-order chi connectivity index (χ1) is 6.32. The van der Waals surface area contributed by atoms with Crippen LogP contribution in [0.15, 0.2) is 18.2 Å². The molecule has 5 heteroatoms. The van der Waals surface area contributed by atoms with E-state index in [0.717, 1.165) is 6.07 Å². The first-order valence-electron chi connectivity index (χ1n) is 3.67. The second-order valence-corrected chi connectivity index (χ2v) is 2.77. The maximum absolute atomic E-state index is 12.6. The fraction of sp³-hybridized carbons (Fsp3) is 0.222. The molecule has 77 valence electrons. The molecule has 1 atom stereocenters. The fourth-order valence-corrected chi connectivity index (χ4v) is 0.918. The minimum absolute atomic E-state index is 0.392. The molecule has 1 aromatic carbocycles. The summed E-state index contributed by atoms with van der Waals surface area (Å²) in [6.07, 6.45) is -4.55. The van der Waals surface area contributed by atoms with E-state index in [1.165, 1.54) is 0 Å². The van der Waals surface area contributed by atoms with E-state index in [4.69, 9.17) is 0 Å². The van der Waals surface area contributed by atoms with Gasteiger partial charge in [0.2, 0.25) is 0 Å². The van der Waals surface area contributed by atoms with Gasteiger partial charge in [0, 0.05) is 0 Å². The Morgan fingerprint density at radius 3 is 2.07 bits per heavy atom. The van der Waals surface area contributed by atoms with Crippen molar-refractivity contribution in [2.45, 2.75) is 12.1 Å². The summed E-state index contributed by atoms with van der Waals surface area (Å²) >= 11 is 0. The molecule has 0 bridgehead atoms. The molecule has 0 aliphatic rings. The SMILES string of the molecule is [CH2]C(c1ccc(F)c(F)c1)C(F)(F)F. The van der Waals surface area contributed by atoms with Crippen LogP contribution in [0.1, 0.15) is 11.5 Å². The normalized spacial score (nSPS) is 14.1. The second kappa shape index (κ2) is 3.55. The van der Waals surface area contributed by atoms with Crippen LogP contribution in [0.4, 0.5) is 22.0 Å². The zero-order chi connectivity index (χ0) is 10.9. The van der Waals surface area contributed by atoms with Gasteiger partial charge in [-0.2, -0.15) is 13.2 Å². The largest absolute Gasteiger partial charge is 0.395 e. The quantitative estimate of drug-likeness (QED) is 0.621. The number of benzene rings is 1. The van der Waals surface area contributed by atoms with Gasteiger partial charge in [0.05, 0.1) is 5.92 Å². The number of hydrogen-bond acceptors (Lipinski definition) is 0. The van der Waals surface area contributed by atoms with E-state index < -0.39 is 29.3 Å². The summed E-state index contributed by atoms with van der Waals surface area (Å²) in [6.45, 7) is 2.84. The predicted molar refractivity (Wildman–Crippen MR) is 40.5 cm³/mol. The Morgan fingerprint density at radius 1 is 1.07 bits per heavy atom. The van der Waals surface area contributed by atoms with Crippen LogP contribution in [0.2, 0.25) is 0 Å². The smallest absolute Gasteiger partial charge is 0.204 e. The summed E-state index contributed by atoms with van der Waals surface area (Å²) < 4.78 is 61.2. The van der Waals surface area contributed by atoms with Crippen molar-refractivity contribution in [1.29, 1.82) is 0 Å². The average Bonchev–Trinajstić information content (AvgIpc) is 2.07. The summed E-state index contributed by atoms with van der Waals surface area (Å²) in [7, 11) is 0. The summed E-state index contributed by atoms with van der Waals surface area (Å²) in [4.78, 5) is 0. The molecule has 0 N–H and O–H groups in total. The summed E-state index contributed by atoms with van der Waals surface area (Å²) in [6, 6.07) is 2.01. The monoisotopic (exact) mass is 209 g/mol. The Hall–Kier alpha value is -1.13. The van der Waals surface area contributed by atoms with Crippen molar-refractivity contribution < 1.29 is 22.0 Å². The first-order valence-corrected chi connectivity index (χ1v) is 3.67. The lowest BCUT2D eigenvalue weighted by molar-refractivity contribution is -0.140. The molecular formula is C9H6F5. The third-order valence-electron chi connectivity index (χ3n) is 1.74. The van der Waals surface area contributed by atoms with Crippen molar-refractivity contribution >= 4 is 0 Å². The third-order valence-corrected chi connectivity index (χ3v) is 1.74. The van der Waals surface area contributed by atoms with E-state index in [-0.39, 0.29) is 0 Å². The van der Waals surface area contributed by atoms with Crippen molar-refractivity contribution in [2.24, 2.45) is 0 Å². The van der Waals surface area contributed by atoms with Gasteiger partial charge in [-0.3, -0.25) is 0 Å². The van der Waals surface area contributed by atoms with Crippen LogP contribution in [0, 0.1) is 18.6 Å². The van der Waals surface area contributed by atoms with Crippen LogP contribution in [0.3, 0.4) is 0 Å². The molecule has 1 radical (unpaired) electrons. The van der Waals surface area contributed by atoms with E-state index in [9.17, 15) is 22.0 Å². The molecule has 0 spiro atoms. The molecular weight excluding hydrogens is 203 g/mol. The van der Waals surface area contributed by atoms with Crippen molar-refractivity contribution in [3.05, 3.63) is 42.3 Å². The third kappa shape index (κ3) is 2.21. The molecule has 0 heterocycles. The molecule has 0 saturated heterocycles. The number of hydrogen-bond donors (Lipinski definition) is 0. The van der Waals surface area contributed by atoms with Gasteiger partial charge < -0.3 is 0 Å². The molecule has 14 heavy (non-hydrogen) atoms. The summed E-state index contributed by atoms with van der Waals surface area (Å²) in [5, 5.41) is 0. The van der Waals surface area contributed by atoms with Crippen molar-refractivity contribution in [2.75, 3.05) is 0 Å². The lowest BCUT2D eigenvalue weighted by Gasteiger charge is -2.15. The molecule has 0 aliphatic carbocycles. The molecule has 1 aromatic rings. The highest BCUT2D eigenvalue weighted by Gasteiger charge is 2.37. The Labute approximate surface area is 77.4 Å². The fourth-order valence-electron chi connectivity index (χ4n) is 0.918. The number of halogens is 5. The first kappa shape index (κ1) is 10.9. The molecule has 1 rings (SSSR count). The van der Waals surface area contributed by atoms with E-state index >= 15 is 0 Å². The summed E-state index contributed by atoms with van der Waals surface area (Å²) in [5.41, 5.74) is -0.392. The standard InChI is InChI=1S/C9H6F5/c1-5(9(12,13)14)6-2-3-7(10)8(11)4-6/h2-5H,1H2. The van der Waals surface area contributed by atoms with Crippen molar-refractivity contribution in [1.82, 2.24) is 0 Å². The van der Waals surface area contributed by atoms with E-state index in [0.29, 0.717) is 12.1 Å². The highest BCUT2D eigenvalue weighted by Crippen LogP contribution is 2.34. The van der Waals surface area contributed by atoms with Crippen LogP contribution in [0.25, 0.3) is 0 Å². The molecule has 1 unspecified atom stereocenters. The van der Waals surface area contributed by atoms with Crippen LogP contribution in [-0.4, -0.2) is 6.18 Å². The van der Waals surface area contributed by atoms with Gasteiger partial charge in [-0.15, -0.1) is 0 Å². The maximum atomic E-state index is 12.6. The molecule has 0 amide bonds. The van der Waals surface area contributed by atoms with Gasteiger partial charge in [-0.25, -0.2) is 8.78 Å². The van der Waals surface area contributed by atoms with Gasteiger partial charge in [-0.05, 0) is 24.6 Å². The Kier molecular flexibility index (Phi) is 2.78. The molecule has 0 aliphatic heterocycles. The Bertz CT molecular complexity index is 328. The van der Waals surface area contributed by atoms with Crippen molar-refractivity contribution in [3.63, 3.8) is 0 Å². The highest BCUT2D eigenvalue weighted by molar-refractivity contribution is 5.23. The second-order valence-electron chi connectivity index (χ2n) is 2.77. The topological polar surface area (TPSA) is 0 Å². The van der Waals surface area contributed by atoms with Crippen LogP contribution in [0.5, 0.6) is 0 Å². The maximum Gasteiger partial charge on any atom is 0.395 e. The lowest BCUT2D eigenvalue weighted by atomic mass is 10.0. The molecule has 0 fully saturated rings. The van der Waals surface area contributed by atoms with Gasteiger partial charge in [0.1, 0.15) is 0 Å². The van der Waals surface area contributed by atoms with E-state index in [1.807, 2.05) is 0 Å². The lowest BCUT2D eigenvalue weighted by Crippen LogP contribution is -2.18. The zero-order valence-corrected chi connectivity index (χ0v) is 6.91. The molecule has 0 saturated carbocycles. The Balaban J connectivity index is 3.03. The zero-order valence-electron chi connectivity index (χ0n) is 6.91. The van der Waals surface area contributed by atoms with Crippen LogP contribution < -0.4 is 0 Å². The van der Waals surface area contributed by atoms with Crippen LogP contribution in [-0.2, 0) is 0 Å². The van der Waals surface area contributed by atoms with Gasteiger partial charge in [0.15, 0.2) is 11.6 Å². The average molecular weight is 209 g/mol. The summed E-state index contributed by atoms with van der Waals surface area (Å²) in [5.74, 6) is -4.53. The van der Waals surface area contributed by atoms with Gasteiger partial charge in [0.25, 0.3) is 0 Å². The Morgan fingerprint density at radius 2 is 1.64 bits per heavy atom. The number of alkyl halides is 3. The minimum Gasteiger partial charge on any atom is -0.204 e. The molecule has 0 nitrogen and oxygen atoms in total. The van der Waals surface area contributed by atoms with Crippen LogP contribution >= 0.6 is 0 Å². The van der Waals surface area contributed by atoms with Crippen molar-refractivity contribution in [3.8, 4) is 0 Å². The van der Waals surface area contributed by atoms with E-state index in [1.54, 1.807) is 0 Å². The minimum atomic E-state index is -4.55. The molecule has 0 aromatic heterocycles. The highest BCUT2D eigenvalue weighted by atomic mass is 19.4. The number of rotatable bonds is 1. The van der Waals surface area contributed by atoms with E-state index in [2.05, 4.69) is 6.92 Å².